The van der Waals surface area contributed by atoms with Crippen LogP contribution >= 0.6 is 11.3 Å². The number of hydrogen-bond acceptors (Lipinski definition) is 3. The van der Waals surface area contributed by atoms with Gasteiger partial charge in [0.25, 0.3) is 0 Å². The Morgan fingerprint density at radius 2 is 2.31 bits per heavy atom. The third kappa shape index (κ3) is 2.28. The standard InChI is InChI=1S/C12H11NO2S/c1-8-2-3-10(12(14)15)9(6-8)7-11-13-4-5-16-11/h2-6H,7H2,1H3,(H,14,15). The maximum atomic E-state index is 11.0. The Balaban J connectivity index is 2.38. The summed E-state index contributed by atoms with van der Waals surface area (Å²) in [7, 11) is 0. The number of benzene rings is 1. The van der Waals surface area contributed by atoms with Crippen LogP contribution in [0, 0.1) is 6.92 Å². The van der Waals surface area contributed by atoms with Crippen LogP contribution in [0.1, 0.15) is 26.5 Å². The molecule has 0 radical (unpaired) electrons. The number of aromatic nitrogens is 1. The van der Waals surface area contributed by atoms with Gasteiger partial charge in [-0.3, -0.25) is 0 Å². The number of carboxylic acids is 1. The quantitative estimate of drug-likeness (QED) is 0.886. The van der Waals surface area contributed by atoms with Crippen LogP contribution in [0.25, 0.3) is 0 Å². The fraction of sp³-hybridized carbons (Fsp3) is 0.167. The summed E-state index contributed by atoms with van der Waals surface area (Å²) >= 11 is 1.54. The van der Waals surface area contributed by atoms with Crippen molar-refractivity contribution in [2.45, 2.75) is 13.3 Å². The number of carbonyl (C=O) groups is 1. The Kier molecular flexibility index (Phi) is 3.01. The van der Waals surface area contributed by atoms with Gasteiger partial charge in [0.2, 0.25) is 0 Å². The number of aryl methyl sites for hydroxylation is 1. The molecule has 2 rings (SSSR count). The van der Waals surface area contributed by atoms with Gasteiger partial charge in [0.15, 0.2) is 0 Å². The molecule has 2 aromatic rings. The van der Waals surface area contributed by atoms with Crippen LogP contribution < -0.4 is 0 Å². The molecule has 0 spiro atoms. The van der Waals surface area contributed by atoms with E-state index < -0.39 is 5.97 Å². The van der Waals surface area contributed by atoms with Gasteiger partial charge in [0.1, 0.15) is 0 Å². The summed E-state index contributed by atoms with van der Waals surface area (Å²) in [6, 6.07) is 5.38. The molecule has 16 heavy (non-hydrogen) atoms. The van der Waals surface area contributed by atoms with Crippen LogP contribution in [0.15, 0.2) is 29.8 Å². The van der Waals surface area contributed by atoms with Crippen LogP contribution in [0.5, 0.6) is 0 Å². The first kappa shape index (κ1) is 10.8. The largest absolute Gasteiger partial charge is 0.478 e. The zero-order valence-corrected chi connectivity index (χ0v) is 9.62. The zero-order valence-electron chi connectivity index (χ0n) is 8.80. The van der Waals surface area contributed by atoms with Gasteiger partial charge in [-0.2, -0.15) is 0 Å². The maximum Gasteiger partial charge on any atom is 0.335 e. The van der Waals surface area contributed by atoms with Crippen LogP contribution in [0.2, 0.25) is 0 Å². The predicted molar refractivity (Wildman–Crippen MR) is 63.1 cm³/mol. The molecule has 3 nitrogen and oxygen atoms in total. The van der Waals surface area contributed by atoms with Crippen molar-refractivity contribution >= 4 is 17.3 Å². The molecular formula is C12H11NO2S. The number of carboxylic acid groups (broad SMARTS) is 1. The summed E-state index contributed by atoms with van der Waals surface area (Å²) in [5.41, 5.74) is 2.25. The van der Waals surface area contributed by atoms with E-state index in [0.717, 1.165) is 16.1 Å². The SMILES string of the molecule is Cc1ccc(C(=O)O)c(Cc2nccs2)c1. The Morgan fingerprint density at radius 3 is 2.94 bits per heavy atom. The zero-order chi connectivity index (χ0) is 11.5. The molecule has 0 saturated heterocycles. The van der Waals surface area contributed by atoms with Crippen LogP contribution in [0.3, 0.4) is 0 Å². The summed E-state index contributed by atoms with van der Waals surface area (Å²) in [4.78, 5) is 15.2. The second-order valence-corrected chi connectivity index (χ2v) is 4.55. The lowest BCUT2D eigenvalue weighted by atomic mass is 10.0. The van der Waals surface area contributed by atoms with Crippen LogP contribution in [-0.4, -0.2) is 16.1 Å². The van der Waals surface area contributed by atoms with E-state index >= 15 is 0 Å². The summed E-state index contributed by atoms with van der Waals surface area (Å²) in [6.45, 7) is 1.96. The van der Waals surface area contributed by atoms with Crippen molar-refractivity contribution in [1.29, 1.82) is 0 Å². The molecule has 0 atom stereocenters. The number of thiazole rings is 1. The highest BCUT2D eigenvalue weighted by atomic mass is 32.1. The average molecular weight is 233 g/mol. The first-order chi connectivity index (χ1) is 7.66. The minimum absolute atomic E-state index is 0.362. The molecule has 0 aliphatic carbocycles. The monoisotopic (exact) mass is 233 g/mol. The lowest BCUT2D eigenvalue weighted by molar-refractivity contribution is 0.0696. The van der Waals surface area contributed by atoms with E-state index in [-0.39, 0.29) is 0 Å². The van der Waals surface area contributed by atoms with E-state index in [1.165, 1.54) is 11.3 Å². The minimum Gasteiger partial charge on any atom is -0.478 e. The molecule has 0 saturated carbocycles. The van der Waals surface area contributed by atoms with Crippen molar-refractivity contribution in [3.05, 3.63) is 51.5 Å². The summed E-state index contributed by atoms with van der Waals surface area (Å²) < 4.78 is 0. The molecular weight excluding hydrogens is 222 g/mol. The fourth-order valence-electron chi connectivity index (χ4n) is 1.58. The normalized spacial score (nSPS) is 10.3. The van der Waals surface area contributed by atoms with Gasteiger partial charge in [0, 0.05) is 18.0 Å². The first-order valence-electron chi connectivity index (χ1n) is 4.88. The second-order valence-electron chi connectivity index (χ2n) is 3.57. The number of hydrogen-bond donors (Lipinski definition) is 1. The molecule has 4 heteroatoms. The Hall–Kier alpha value is -1.68. The van der Waals surface area contributed by atoms with Crippen LogP contribution in [-0.2, 0) is 6.42 Å². The van der Waals surface area contributed by atoms with Gasteiger partial charge in [-0.1, -0.05) is 17.7 Å². The average Bonchev–Trinajstić information content (AvgIpc) is 2.70. The van der Waals surface area contributed by atoms with Gasteiger partial charge in [0.05, 0.1) is 10.6 Å². The highest BCUT2D eigenvalue weighted by molar-refractivity contribution is 7.09. The van der Waals surface area contributed by atoms with Crippen molar-refractivity contribution in [2.75, 3.05) is 0 Å². The van der Waals surface area contributed by atoms with E-state index in [1.54, 1.807) is 12.3 Å². The molecule has 0 unspecified atom stereocenters. The first-order valence-corrected chi connectivity index (χ1v) is 5.76. The molecule has 82 valence electrons. The summed E-state index contributed by atoms with van der Waals surface area (Å²) in [5.74, 6) is -0.883. The molecule has 1 aromatic carbocycles. The Bertz CT molecular complexity index is 506. The number of rotatable bonds is 3. The molecule has 1 aromatic heterocycles. The van der Waals surface area contributed by atoms with Crippen molar-refractivity contribution < 1.29 is 9.90 Å². The molecule has 1 N–H and O–H groups in total. The summed E-state index contributed by atoms with van der Waals surface area (Å²) in [5, 5.41) is 11.9. The van der Waals surface area contributed by atoms with Crippen molar-refractivity contribution in [2.24, 2.45) is 0 Å². The molecule has 0 amide bonds. The third-order valence-electron chi connectivity index (χ3n) is 2.32. The van der Waals surface area contributed by atoms with Gasteiger partial charge in [-0.25, -0.2) is 9.78 Å². The Morgan fingerprint density at radius 1 is 1.50 bits per heavy atom. The van der Waals surface area contributed by atoms with Crippen LogP contribution in [0.4, 0.5) is 0 Å². The number of nitrogens with zero attached hydrogens (tertiary/aromatic N) is 1. The van der Waals surface area contributed by atoms with E-state index in [9.17, 15) is 4.79 Å². The number of aromatic carboxylic acids is 1. The second kappa shape index (κ2) is 4.45. The predicted octanol–water partition coefficient (Wildman–Crippen LogP) is 2.74. The molecule has 0 aliphatic heterocycles. The van der Waals surface area contributed by atoms with Gasteiger partial charge >= 0.3 is 5.97 Å². The maximum absolute atomic E-state index is 11.0. The smallest absolute Gasteiger partial charge is 0.335 e. The van der Waals surface area contributed by atoms with Gasteiger partial charge < -0.3 is 5.11 Å². The molecule has 1 heterocycles. The lowest BCUT2D eigenvalue weighted by Crippen LogP contribution is -2.03. The summed E-state index contributed by atoms with van der Waals surface area (Å²) in [6.07, 6.45) is 2.32. The van der Waals surface area contributed by atoms with Crippen molar-refractivity contribution in [3.63, 3.8) is 0 Å². The molecule has 0 fully saturated rings. The fourth-order valence-corrected chi connectivity index (χ4v) is 2.22. The van der Waals surface area contributed by atoms with E-state index in [2.05, 4.69) is 4.98 Å². The topological polar surface area (TPSA) is 50.2 Å². The third-order valence-corrected chi connectivity index (χ3v) is 3.10. The van der Waals surface area contributed by atoms with Gasteiger partial charge in [-0.05, 0) is 18.6 Å². The van der Waals surface area contributed by atoms with E-state index in [1.807, 2.05) is 24.4 Å². The molecule has 0 bridgehead atoms. The highest BCUT2D eigenvalue weighted by Gasteiger charge is 2.11. The van der Waals surface area contributed by atoms with Crippen molar-refractivity contribution in [1.82, 2.24) is 4.98 Å². The van der Waals surface area contributed by atoms with Crippen molar-refractivity contribution in [3.8, 4) is 0 Å². The van der Waals surface area contributed by atoms with Gasteiger partial charge in [-0.15, -0.1) is 11.3 Å². The molecule has 0 aliphatic rings. The Labute approximate surface area is 97.4 Å². The lowest BCUT2D eigenvalue weighted by Gasteiger charge is -2.05. The van der Waals surface area contributed by atoms with E-state index in [4.69, 9.17) is 5.11 Å². The highest BCUT2D eigenvalue weighted by Crippen LogP contribution is 2.17. The minimum atomic E-state index is -0.883. The van der Waals surface area contributed by atoms with E-state index in [0.29, 0.717) is 12.0 Å².